The van der Waals surface area contributed by atoms with Crippen molar-refractivity contribution in [1.82, 2.24) is 0 Å². The Hall–Kier alpha value is -1.13. The van der Waals surface area contributed by atoms with Crippen LogP contribution in [0, 0.1) is 5.41 Å². The highest BCUT2D eigenvalue weighted by atomic mass is 16.5. The molecule has 0 aromatic carbocycles. The van der Waals surface area contributed by atoms with Gasteiger partial charge in [0.25, 0.3) is 0 Å². The minimum Gasteiger partial charge on any atom is -0.461 e. The Morgan fingerprint density at radius 1 is 1.40 bits per heavy atom. The number of hydrogen-bond donors (Lipinski definition) is 1. The summed E-state index contributed by atoms with van der Waals surface area (Å²) in [6, 6.07) is 0. The van der Waals surface area contributed by atoms with Crippen LogP contribution in [0.3, 0.4) is 0 Å². The maximum atomic E-state index is 11.5. The van der Waals surface area contributed by atoms with Crippen molar-refractivity contribution in [1.29, 1.82) is 0 Å². The normalized spacial score (nSPS) is 14.0. The zero-order valence-electron chi connectivity index (χ0n) is 9.07. The molecular formula is C11H18O4. The molecule has 0 radical (unpaired) electrons. The molecule has 4 nitrogen and oxygen atoms in total. The van der Waals surface area contributed by atoms with E-state index >= 15 is 0 Å². The number of aliphatic hydroxyl groups is 1. The zero-order chi connectivity index (χ0) is 11.7. The van der Waals surface area contributed by atoms with Crippen molar-refractivity contribution in [2.24, 2.45) is 5.41 Å². The zero-order valence-corrected chi connectivity index (χ0v) is 9.07. The Bertz CT molecular complexity index is 225. The average Bonchev–Trinajstić information content (AvgIpc) is 2.25. The molecule has 0 amide bonds. The lowest BCUT2D eigenvalue weighted by Crippen LogP contribution is -2.38. The first-order valence-corrected chi connectivity index (χ1v) is 4.68. The van der Waals surface area contributed by atoms with Crippen LogP contribution in [-0.4, -0.2) is 37.5 Å². The summed E-state index contributed by atoms with van der Waals surface area (Å²) in [6.45, 7) is 8.76. The summed E-state index contributed by atoms with van der Waals surface area (Å²) in [5.41, 5.74) is -1.02. The summed E-state index contributed by atoms with van der Waals surface area (Å²) in [5, 5.41) is 9.12. The predicted octanol–water partition coefficient (Wildman–Crippen LogP) is 0.917. The van der Waals surface area contributed by atoms with Gasteiger partial charge in [0.1, 0.15) is 12.0 Å². The molecule has 0 aliphatic rings. The number of carbonyl (C=O) groups excluding carboxylic acids is 1. The van der Waals surface area contributed by atoms with Gasteiger partial charge in [0.15, 0.2) is 0 Å². The van der Waals surface area contributed by atoms with Crippen LogP contribution in [0.4, 0.5) is 0 Å². The Balaban J connectivity index is 4.19. The third kappa shape index (κ3) is 4.76. The predicted molar refractivity (Wildman–Crippen MR) is 57.4 cm³/mol. The third-order valence-corrected chi connectivity index (χ3v) is 1.83. The van der Waals surface area contributed by atoms with E-state index in [4.69, 9.17) is 14.6 Å². The van der Waals surface area contributed by atoms with Gasteiger partial charge in [0.2, 0.25) is 0 Å². The van der Waals surface area contributed by atoms with Gasteiger partial charge < -0.3 is 14.6 Å². The molecule has 0 bridgehead atoms. The minimum atomic E-state index is -1.02. The van der Waals surface area contributed by atoms with E-state index in [1.165, 1.54) is 6.08 Å². The molecule has 0 aromatic heterocycles. The smallest absolute Gasteiger partial charge is 0.316 e. The largest absolute Gasteiger partial charge is 0.461 e. The van der Waals surface area contributed by atoms with Crippen LogP contribution in [0.1, 0.15) is 6.92 Å². The van der Waals surface area contributed by atoms with Crippen molar-refractivity contribution in [2.45, 2.75) is 6.92 Å². The topological polar surface area (TPSA) is 55.8 Å². The molecule has 86 valence electrons. The molecule has 4 heteroatoms. The standard InChI is InChI=1S/C11H18O4/c1-4-6-14-9-11(3,8-12)10(13)15-7-5-2/h4-5,12H,1-2,6-9H2,3H3. The molecule has 0 aliphatic carbocycles. The molecule has 0 saturated heterocycles. The third-order valence-electron chi connectivity index (χ3n) is 1.83. The second kappa shape index (κ2) is 7.20. The van der Waals surface area contributed by atoms with Crippen LogP contribution in [0.25, 0.3) is 0 Å². The highest BCUT2D eigenvalue weighted by Gasteiger charge is 2.34. The Kier molecular flexibility index (Phi) is 6.66. The quantitative estimate of drug-likeness (QED) is 0.371. The van der Waals surface area contributed by atoms with Gasteiger partial charge in [-0.2, -0.15) is 0 Å². The average molecular weight is 214 g/mol. The van der Waals surface area contributed by atoms with Gasteiger partial charge >= 0.3 is 5.97 Å². The molecule has 1 atom stereocenters. The number of rotatable bonds is 8. The van der Waals surface area contributed by atoms with Crippen LogP contribution in [-0.2, 0) is 14.3 Å². The van der Waals surface area contributed by atoms with Crippen LogP contribution in [0.15, 0.2) is 25.3 Å². The van der Waals surface area contributed by atoms with Gasteiger partial charge in [-0.1, -0.05) is 18.7 Å². The van der Waals surface area contributed by atoms with Crippen molar-refractivity contribution in [2.75, 3.05) is 26.4 Å². The molecule has 15 heavy (non-hydrogen) atoms. The van der Waals surface area contributed by atoms with Crippen LogP contribution < -0.4 is 0 Å². The van der Waals surface area contributed by atoms with E-state index in [1.54, 1.807) is 13.0 Å². The monoisotopic (exact) mass is 214 g/mol. The summed E-state index contributed by atoms with van der Waals surface area (Å²) in [5.74, 6) is -0.492. The molecule has 0 aliphatic heterocycles. The number of hydrogen-bond acceptors (Lipinski definition) is 4. The molecule has 0 fully saturated rings. The van der Waals surface area contributed by atoms with Gasteiger partial charge in [0.05, 0.1) is 19.8 Å². The van der Waals surface area contributed by atoms with Gasteiger partial charge in [-0.05, 0) is 6.92 Å². The molecular weight excluding hydrogens is 196 g/mol. The lowest BCUT2D eigenvalue weighted by molar-refractivity contribution is -0.160. The number of aliphatic hydroxyl groups excluding tert-OH is 1. The fraction of sp³-hybridized carbons (Fsp3) is 0.545. The first-order chi connectivity index (χ1) is 7.10. The lowest BCUT2D eigenvalue weighted by atomic mass is 9.93. The molecule has 0 heterocycles. The highest BCUT2D eigenvalue weighted by molar-refractivity contribution is 5.76. The molecule has 0 aromatic rings. The van der Waals surface area contributed by atoms with Crippen LogP contribution in [0.2, 0.25) is 0 Å². The van der Waals surface area contributed by atoms with E-state index in [0.29, 0.717) is 6.61 Å². The van der Waals surface area contributed by atoms with Crippen molar-refractivity contribution in [3.05, 3.63) is 25.3 Å². The minimum absolute atomic E-state index is 0.103. The summed E-state index contributed by atoms with van der Waals surface area (Å²) >= 11 is 0. The number of esters is 1. The fourth-order valence-corrected chi connectivity index (χ4v) is 0.845. The number of carbonyl (C=O) groups is 1. The fourth-order valence-electron chi connectivity index (χ4n) is 0.845. The van der Waals surface area contributed by atoms with Crippen molar-refractivity contribution >= 4 is 5.97 Å². The highest BCUT2D eigenvalue weighted by Crippen LogP contribution is 2.18. The first kappa shape index (κ1) is 13.9. The maximum absolute atomic E-state index is 11.5. The maximum Gasteiger partial charge on any atom is 0.316 e. The van der Waals surface area contributed by atoms with E-state index in [2.05, 4.69) is 13.2 Å². The van der Waals surface area contributed by atoms with Gasteiger partial charge in [-0.3, -0.25) is 4.79 Å². The Labute approximate surface area is 90.2 Å². The molecule has 0 rings (SSSR count). The molecule has 1 unspecified atom stereocenters. The van der Waals surface area contributed by atoms with Crippen molar-refractivity contribution in [3.8, 4) is 0 Å². The van der Waals surface area contributed by atoms with Crippen molar-refractivity contribution in [3.63, 3.8) is 0 Å². The Morgan fingerprint density at radius 2 is 2.00 bits per heavy atom. The summed E-state index contributed by atoms with van der Waals surface area (Å²) in [7, 11) is 0. The molecule has 0 spiro atoms. The lowest BCUT2D eigenvalue weighted by Gasteiger charge is -2.24. The van der Waals surface area contributed by atoms with Gasteiger partial charge in [-0.15, -0.1) is 6.58 Å². The van der Waals surface area contributed by atoms with E-state index in [-0.39, 0.29) is 19.8 Å². The van der Waals surface area contributed by atoms with Gasteiger partial charge in [-0.25, -0.2) is 0 Å². The van der Waals surface area contributed by atoms with E-state index in [9.17, 15) is 4.79 Å². The second-order valence-corrected chi connectivity index (χ2v) is 3.41. The van der Waals surface area contributed by atoms with E-state index < -0.39 is 11.4 Å². The molecule has 1 N–H and O–H groups in total. The summed E-state index contributed by atoms with van der Waals surface area (Å²) in [4.78, 5) is 11.5. The summed E-state index contributed by atoms with van der Waals surface area (Å²) < 4.78 is 9.99. The number of ether oxygens (including phenoxy) is 2. The van der Waals surface area contributed by atoms with E-state index in [1.807, 2.05) is 0 Å². The van der Waals surface area contributed by atoms with E-state index in [0.717, 1.165) is 0 Å². The Morgan fingerprint density at radius 3 is 2.47 bits per heavy atom. The van der Waals surface area contributed by atoms with Crippen LogP contribution >= 0.6 is 0 Å². The molecule has 0 saturated carbocycles. The van der Waals surface area contributed by atoms with Crippen molar-refractivity contribution < 1.29 is 19.4 Å². The van der Waals surface area contributed by atoms with Crippen LogP contribution in [0.5, 0.6) is 0 Å². The second-order valence-electron chi connectivity index (χ2n) is 3.41. The van der Waals surface area contributed by atoms with Gasteiger partial charge in [0, 0.05) is 0 Å². The SMILES string of the molecule is C=CCOCC(C)(CO)C(=O)OCC=C. The summed E-state index contributed by atoms with van der Waals surface area (Å²) in [6.07, 6.45) is 3.05. The first-order valence-electron chi connectivity index (χ1n) is 4.68.